The van der Waals surface area contributed by atoms with Gasteiger partial charge in [0.05, 0.1) is 0 Å². The van der Waals surface area contributed by atoms with Gasteiger partial charge in [-0.05, 0) is 43.7 Å². The van der Waals surface area contributed by atoms with E-state index in [1.54, 1.807) is 0 Å². The van der Waals surface area contributed by atoms with E-state index in [0.717, 1.165) is 48.8 Å². The number of nitrogens with one attached hydrogen (secondary N) is 1. The fraction of sp³-hybridized carbons (Fsp3) is 0.400. The van der Waals surface area contributed by atoms with Crippen LogP contribution in [-0.4, -0.2) is 48.0 Å². The van der Waals surface area contributed by atoms with Gasteiger partial charge in [-0.2, -0.15) is 0 Å². The predicted molar refractivity (Wildman–Crippen MR) is 103 cm³/mol. The van der Waals surface area contributed by atoms with Gasteiger partial charge in [-0.1, -0.05) is 12.1 Å². The quantitative estimate of drug-likeness (QED) is 0.930. The Balaban J connectivity index is 1.65. The highest BCUT2D eigenvalue weighted by molar-refractivity contribution is 5.89. The third-order valence-electron chi connectivity index (χ3n) is 4.66. The van der Waals surface area contributed by atoms with E-state index in [-0.39, 0.29) is 5.91 Å². The van der Waals surface area contributed by atoms with Gasteiger partial charge in [0.1, 0.15) is 5.82 Å². The molecule has 1 aliphatic rings. The van der Waals surface area contributed by atoms with Crippen LogP contribution in [0.3, 0.4) is 0 Å². The number of hydrogen-bond acceptors (Lipinski definition) is 4. The lowest BCUT2D eigenvalue weighted by Crippen LogP contribution is -2.49. The van der Waals surface area contributed by atoms with E-state index in [2.05, 4.69) is 46.1 Å². The van der Waals surface area contributed by atoms with Crippen LogP contribution in [0.4, 0.5) is 11.5 Å². The van der Waals surface area contributed by atoms with Crippen LogP contribution in [0.1, 0.15) is 20.8 Å². The van der Waals surface area contributed by atoms with Gasteiger partial charge in [0.25, 0.3) is 0 Å². The summed E-state index contributed by atoms with van der Waals surface area (Å²) in [6.07, 6.45) is 1.93. The summed E-state index contributed by atoms with van der Waals surface area (Å²) < 4.78 is 0. The zero-order valence-electron chi connectivity index (χ0n) is 15.2. The van der Waals surface area contributed by atoms with Gasteiger partial charge in [-0.3, -0.25) is 9.69 Å². The van der Waals surface area contributed by atoms with Crippen molar-refractivity contribution in [3.63, 3.8) is 0 Å². The molecule has 0 spiro atoms. The molecule has 0 radical (unpaired) electrons. The molecular weight excluding hydrogens is 312 g/mol. The van der Waals surface area contributed by atoms with Crippen molar-refractivity contribution in [2.75, 3.05) is 36.4 Å². The molecule has 1 fully saturated rings. The van der Waals surface area contributed by atoms with Crippen LogP contribution < -0.4 is 10.2 Å². The van der Waals surface area contributed by atoms with Gasteiger partial charge in [0.2, 0.25) is 5.91 Å². The number of piperazine rings is 1. The lowest BCUT2D eigenvalue weighted by atomic mass is 10.1. The average Bonchev–Trinajstić information content (AvgIpc) is 2.62. The molecule has 1 aromatic heterocycles. The summed E-state index contributed by atoms with van der Waals surface area (Å²) in [5, 5.41) is 2.78. The van der Waals surface area contributed by atoms with E-state index in [9.17, 15) is 4.79 Å². The van der Waals surface area contributed by atoms with Crippen LogP contribution in [0, 0.1) is 0 Å². The molecule has 2 aromatic rings. The lowest BCUT2D eigenvalue weighted by Gasteiger charge is -2.37. The smallest absolute Gasteiger partial charge is 0.221 e. The highest BCUT2D eigenvalue weighted by atomic mass is 16.1. The van der Waals surface area contributed by atoms with Crippen molar-refractivity contribution in [3.8, 4) is 11.1 Å². The van der Waals surface area contributed by atoms with Gasteiger partial charge >= 0.3 is 0 Å². The van der Waals surface area contributed by atoms with Crippen LogP contribution in [0.25, 0.3) is 11.1 Å². The molecular formula is C20H26N4O. The molecule has 5 nitrogen and oxygen atoms in total. The Bertz CT molecular complexity index is 701. The van der Waals surface area contributed by atoms with Crippen LogP contribution >= 0.6 is 0 Å². The molecule has 0 bridgehead atoms. The third kappa shape index (κ3) is 4.37. The summed E-state index contributed by atoms with van der Waals surface area (Å²) in [4.78, 5) is 20.6. The normalized spacial score (nSPS) is 15.4. The minimum absolute atomic E-state index is 0.0590. The average molecular weight is 338 g/mol. The van der Waals surface area contributed by atoms with Gasteiger partial charge in [-0.25, -0.2) is 4.98 Å². The first kappa shape index (κ1) is 17.4. The van der Waals surface area contributed by atoms with Gasteiger partial charge in [0.15, 0.2) is 0 Å². The van der Waals surface area contributed by atoms with E-state index in [4.69, 9.17) is 0 Å². The number of carbonyl (C=O) groups is 1. The molecule has 25 heavy (non-hydrogen) atoms. The zero-order chi connectivity index (χ0) is 17.8. The molecule has 1 amide bonds. The summed E-state index contributed by atoms with van der Waals surface area (Å²) in [5.74, 6) is 0.985. The molecule has 1 N–H and O–H groups in total. The number of rotatable bonds is 4. The van der Waals surface area contributed by atoms with Crippen LogP contribution in [0.2, 0.25) is 0 Å². The Kier molecular flexibility index (Phi) is 5.34. The second kappa shape index (κ2) is 7.66. The fourth-order valence-corrected chi connectivity index (χ4v) is 3.16. The number of amides is 1. The molecule has 5 heteroatoms. The Hall–Kier alpha value is -2.40. The van der Waals surface area contributed by atoms with Gasteiger partial charge in [-0.15, -0.1) is 0 Å². The van der Waals surface area contributed by atoms with Crippen molar-refractivity contribution >= 4 is 17.4 Å². The maximum absolute atomic E-state index is 11.1. The topological polar surface area (TPSA) is 48.5 Å². The second-order valence-electron chi connectivity index (χ2n) is 6.78. The highest BCUT2D eigenvalue weighted by Gasteiger charge is 2.19. The Morgan fingerprint density at radius 3 is 2.16 bits per heavy atom. The highest BCUT2D eigenvalue weighted by Crippen LogP contribution is 2.23. The van der Waals surface area contributed by atoms with E-state index in [1.807, 2.05) is 30.5 Å². The largest absolute Gasteiger partial charge is 0.354 e. The summed E-state index contributed by atoms with van der Waals surface area (Å²) in [7, 11) is 0. The molecule has 1 aliphatic heterocycles. The first-order valence-corrected chi connectivity index (χ1v) is 8.86. The predicted octanol–water partition coefficient (Wildman–Crippen LogP) is 3.24. The summed E-state index contributed by atoms with van der Waals surface area (Å²) in [5.41, 5.74) is 2.99. The summed E-state index contributed by atoms with van der Waals surface area (Å²) in [6, 6.07) is 12.7. The minimum Gasteiger partial charge on any atom is -0.354 e. The Morgan fingerprint density at radius 2 is 1.64 bits per heavy atom. The number of aromatic nitrogens is 1. The Labute approximate surface area is 149 Å². The van der Waals surface area contributed by atoms with Crippen molar-refractivity contribution in [2.24, 2.45) is 0 Å². The molecule has 0 atom stereocenters. The monoisotopic (exact) mass is 338 g/mol. The van der Waals surface area contributed by atoms with Gasteiger partial charge < -0.3 is 10.2 Å². The van der Waals surface area contributed by atoms with E-state index < -0.39 is 0 Å². The van der Waals surface area contributed by atoms with Crippen LogP contribution in [0.15, 0.2) is 42.6 Å². The van der Waals surface area contributed by atoms with Gasteiger partial charge in [0, 0.05) is 56.6 Å². The molecule has 0 unspecified atom stereocenters. The first-order chi connectivity index (χ1) is 12.0. The third-order valence-corrected chi connectivity index (χ3v) is 4.66. The second-order valence-corrected chi connectivity index (χ2v) is 6.78. The number of carbonyl (C=O) groups excluding carboxylic acids is 1. The first-order valence-electron chi connectivity index (χ1n) is 8.86. The maximum Gasteiger partial charge on any atom is 0.221 e. The maximum atomic E-state index is 11.1. The molecule has 0 saturated carbocycles. The molecule has 2 heterocycles. The van der Waals surface area contributed by atoms with Crippen molar-refractivity contribution in [1.29, 1.82) is 0 Å². The molecule has 132 valence electrons. The van der Waals surface area contributed by atoms with E-state index in [1.165, 1.54) is 6.92 Å². The van der Waals surface area contributed by atoms with Crippen molar-refractivity contribution < 1.29 is 4.79 Å². The van der Waals surface area contributed by atoms with E-state index in [0.29, 0.717) is 6.04 Å². The standard InChI is InChI=1S/C20H26N4O/c1-15(2)23-10-12-24(13-11-23)20-9-6-18(14-21-20)17-4-7-19(8-5-17)22-16(3)25/h4-9,14-15H,10-13H2,1-3H3,(H,22,25). The van der Waals surface area contributed by atoms with Crippen molar-refractivity contribution in [3.05, 3.63) is 42.6 Å². The number of anilines is 2. The van der Waals surface area contributed by atoms with E-state index >= 15 is 0 Å². The minimum atomic E-state index is -0.0590. The lowest BCUT2D eigenvalue weighted by molar-refractivity contribution is -0.114. The molecule has 0 aliphatic carbocycles. The zero-order valence-corrected chi connectivity index (χ0v) is 15.2. The molecule has 3 rings (SSSR count). The number of benzene rings is 1. The molecule has 1 aromatic carbocycles. The van der Waals surface area contributed by atoms with Crippen LogP contribution in [0.5, 0.6) is 0 Å². The molecule has 1 saturated heterocycles. The van der Waals surface area contributed by atoms with Crippen molar-refractivity contribution in [1.82, 2.24) is 9.88 Å². The number of nitrogens with zero attached hydrogens (tertiary/aromatic N) is 3. The SMILES string of the molecule is CC(=O)Nc1ccc(-c2ccc(N3CCN(C(C)C)CC3)nc2)cc1. The summed E-state index contributed by atoms with van der Waals surface area (Å²) in [6.45, 7) is 10.2. The summed E-state index contributed by atoms with van der Waals surface area (Å²) >= 11 is 0. The Morgan fingerprint density at radius 1 is 1.00 bits per heavy atom. The number of hydrogen-bond donors (Lipinski definition) is 1. The fourth-order valence-electron chi connectivity index (χ4n) is 3.16. The number of pyridine rings is 1. The van der Waals surface area contributed by atoms with Crippen molar-refractivity contribution in [2.45, 2.75) is 26.8 Å². The van der Waals surface area contributed by atoms with Crippen LogP contribution in [-0.2, 0) is 4.79 Å².